The zero-order valence-corrected chi connectivity index (χ0v) is 14.6. The van der Waals surface area contributed by atoms with Crippen molar-refractivity contribution in [3.8, 4) is 0 Å². The minimum atomic E-state index is -0.833. The SMILES string of the molecule is CC(=O)O.CC(=O)O.CC(=O)O.CC(=O)O.NC1CCCCC1N.[NaH]. The van der Waals surface area contributed by atoms with Crippen LogP contribution in [0, 0.1) is 0 Å². The molecule has 1 rings (SSSR count). The Morgan fingerprint density at radius 1 is 0.640 bits per heavy atom. The molecule has 0 aromatic rings. The van der Waals surface area contributed by atoms with Gasteiger partial charge in [-0.05, 0) is 12.8 Å². The summed E-state index contributed by atoms with van der Waals surface area (Å²) in [6, 6.07) is 0.562. The zero-order chi connectivity index (χ0) is 20.3. The van der Waals surface area contributed by atoms with Crippen molar-refractivity contribution in [3.05, 3.63) is 0 Å². The second-order valence-corrected chi connectivity index (χ2v) is 4.69. The van der Waals surface area contributed by atoms with Crippen LogP contribution >= 0.6 is 0 Å². The van der Waals surface area contributed by atoms with E-state index in [1.165, 1.54) is 12.8 Å². The predicted octanol–water partition coefficient (Wildman–Crippen LogP) is -0.0699. The Morgan fingerprint density at radius 2 is 0.760 bits per heavy atom. The first kappa shape index (κ1) is 35.0. The molecule has 0 aromatic heterocycles. The van der Waals surface area contributed by atoms with Crippen LogP contribution in [0.3, 0.4) is 0 Å². The van der Waals surface area contributed by atoms with E-state index in [1.807, 2.05) is 0 Å². The van der Waals surface area contributed by atoms with Crippen molar-refractivity contribution >= 4 is 53.4 Å². The first-order valence-electron chi connectivity index (χ1n) is 7.03. The molecule has 146 valence electrons. The fraction of sp³-hybridized carbons (Fsp3) is 0.714. The Hall–Kier alpha value is -1.20. The summed E-state index contributed by atoms with van der Waals surface area (Å²) >= 11 is 0. The van der Waals surface area contributed by atoms with E-state index in [2.05, 4.69) is 0 Å². The summed E-state index contributed by atoms with van der Waals surface area (Å²) < 4.78 is 0. The van der Waals surface area contributed by atoms with Gasteiger partial charge in [-0.3, -0.25) is 19.2 Å². The van der Waals surface area contributed by atoms with E-state index < -0.39 is 23.9 Å². The Morgan fingerprint density at radius 3 is 0.840 bits per heavy atom. The maximum atomic E-state index is 9.00. The Balaban J connectivity index is -0.0000000695. The Kier molecular flexibility index (Phi) is 35.1. The van der Waals surface area contributed by atoms with Gasteiger partial charge in [0.25, 0.3) is 23.9 Å². The summed E-state index contributed by atoms with van der Waals surface area (Å²) in [7, 11) is 0. The third-order valence-electron chi connectivity index (χ3n) is 1.87. The van der Waals surface area contributed by atoms with E-state index >= 15 is 0 Å². The summed E-state index contributed by atoms with van der Waals surface area (Å²) in [5.74, 6) is -3.33. The number of hydrogen-bond acceptors (Lipinski definition) is 6. The van der Waals surface area contributed by atoms with Crippen molar-refractivity contribution in [1.82, 2.24) is 0 Å². The van der Waals surface area contributed by atoms with Gasteiger partial charge in [0.05, 0.1) is 0 Å². The standard InChI is InChI=1S/C6H14N2.4C2H4O2.Na.H/c7-5-3-1-2-4-6(5)8;4*1-2(3)4;;/h5-6H,1-4,7-8H2;4*1H3,(H,3,4);;. The topological polar surface area (TPSA) is 201 Å². The molecule has 0 spiro atoms. The van der Waals surface area contributed by atoms with Crippen molar-refractivity contribution in [1.29, 1.82) is 0 Å². The molecule has 0 aliphatic heterocycles. The van der Waals surface area contributed by atoms with Gasteiger partial charge in [-0.2, -0.15) is 0 Å². The number of nitrogens with two attached hydrogens (primary N) is 2. The summed E-state index contributed by atoms with van der Waals surface area (Å²) in [6.45, 7) is 4.33. The molecule has 11 heteroatoms. The fourth-order valence-corrected chi connectivity index (χ4v) is 1.19. The number of carbonyl (C=O) groups is 4. The molecule has 2 unspecified atom stereocenters. The summed E-state index contributed by atoms with van der Waals surface area (Å²) in [5, 5.41) is 29.7. The third-order valence-corrected chi connectivity index (χ3v) is 1.87. The van der Waals surface area contributed by atoms with Crippen LogP contribution in [-0.4, -0.2) is 85.9 Å². The van der Waals surface area contributed by atoms with E-state index in [0.29, 0.717) is 0 Å². The van der Waals surface area contributed by atoms with Gasteiger partial charge in [-0.15, -0.1) is 0 Å². The van der Waals surface area contributed by atoms with E-state index in [1.54, 1.807) is 0 Å². The van der Waals surface area contributed by atoms with Crippen LogP contribution in [0.25, 0.3) is 0 Å². The molecule has 1 aliphatic carbocycles. The van der Waals surface area contributed by atoms with Crippen LogP contribution in [0.4, 0.5) is 0 Å². The third kappa shape index (κ3) is 103. The van der Waals surface area contributed by atoms with Gasteiger partial charge in [0.1, 0.15) is 0 Å². The van der Waals surface area contributed by atoms with Crippen LogP contribution < -0.4 is 11.5 Å². The molecule has 1 saturated carbocycles. The van der Waals surface area contributed by atoms with Crippen molar-refractivity contribution in [2.45, 2.75) is 65.5 Å². The number of carboxylic acid groups (broad SMARTS) is 4. The van der Waals surface area contributed by atoms with Gasteiger partial charge < -0.3 is 31.9 Å². The summed E-state index contributed by atoms with van der Waals surface area (Å²) in [4.78, 5) is 36.0. The van der Waals surface area contributed by atoms with Gasteiger partial charge in [-0.1, -0.05) is 12.8 Å². The molecule has 8 N–H and O–H groups in total. The van der Waals surface area contributed by atoms with Crippen molar-refractivity contribution < 1.29 is 39.6 Å². The van der Waals surface area contributed by atoms with Gasteiger partial charge in [-0.25, -0.2) is 0 Å². The summed E-state index contributed by atoms with van der Waals surface area (Å²) in [6.07, 6.45) is 4.80. The van der Waals surface area contributed by atoms with Crippen molar-refractivity contribution in [3.63, 3.8) is 0 Å². The van der Waals surface area contributed by atoms with Crippen LogP contribution in [0.1, 0.15) is 53.4 Å². The average molecular weight is 378 g/mol. The van der Waals surface area contributed by atoms with Crippen molar-refractivity contribution in [2.75, 3.05) is 0 Å². The molecule has 0 aromatic carbocycles. The number of aliphatic carboxylic acids is 4. The molecular formula is C14H31N2NaO8. The first-order valence-corrected chi connectivity index (χ1v) is 7.03. The predicted molar refractivity (Wildman–Crippen MR) is 94.8 cm³/mol. The monoisotopic (exact) mass is 378 g/mol. The van der Waals surface area contributed by atoms with E-state index in [4.69, 9.17) is 51.1 Å². The van der Waals surface area contributed by atoms with Gasteiger partial charge in [0.15, 0.2) is 0 Å². The van der Waals surface area contributed by atoms with Gasteiger partial charge >= 0.3 is 29.6 Å². The van der Waals surface area contributed by atoms with E-state index in [9.17, 15) is 0 Å². The van der Waals surface area contributed by atoms with Crippen LogP contribution in [0.2, 0.25) is 0 Å². The molecule has 0 amide bonds. The molecule has 25 heavy (non-hydrogen) atoms. The van der Waals surface area contributed by atoms with Gasteiger partial charge in [0.2, 0.25) is 0 Å². The first-order chi connectivity index (χ1) is 10.7. The maximum absolute atomic E-state index is 9.00. The molecular weight excluding hydrogens is 347 g/mol. The van der Waals surface area contributed by atoms with Crippen LogP contribution in [-0.2, 0) is 19.2 Å². The van der Waals surface area contributed by atoms with E-state index in [0.717, 1.165) is 40.5 Å². The normalized spacial score (nSPS) is 16.7. The van der Waals surface area contributed by atoms with E-state index in [-0.39, 0.29) is 41.6 Å². The molecule has 0 bridgehead atoms. The molecule has 1 fully saturated rings. The zero-order valence-electron chi connectivity index (χ0n) is 14.6. The molecule has 2 atom stereocenters. The Bertz CT molecular complexity index is 293. The van der Waals surface area contributed by atoms with Crippen molar-refractivity contribution in [2.24, 2.45) is 11.5 Å². The minimum absolute atomic E-state index is 0. The molecule has 0 radical (unpaired) electrons. The molecule has 1 aliphatic rings. The molecule has 0 heterocycles. The molecule has 10 nitrogen and oxygen atoms in total. The second kappa shape index (κ2) is 25.0. The van der Waals surface area contributed by atoms with Gasteiger partial charge in [0, 0.05) is 39.8 Å². The summed E-state index contributed by atoms with van der Waals surface area (Å²) in [5.41, 5.74) is 11.3. The average Bonchev–Trinajstić information content (AvgIpc) is 2.30. The second-order valence-electron chi connectivity index (χ2n) is 4.69. The van der Waals surface area contributed by atoms with Crippen LogP contribution in [0.5, 0.6) is 0 Å². The number of carboxylic acids is 4. The quantitative estimate of drug-likeness (QED) is 0.310. The molecule has 0 saturated heterocycles. The Labute approximate surface area is 169 Å². The van der Waals surface area contributed by atoms with Crippen LogP contribution in [0.15, 0.2) is 0 Å². The number of rotatable bonds is 0. The fourth-order valence-electron chi connectivity index (χ4n) is 1.19. The number of hydrogen-bond donors (Lipinski definition) is 6.